The van der Waals surface area contributed by atoms with Crippen LogP contribution in [-0.4, -0.2) is 21.8 Å². The minimum atomic E-state index is -1.35. The fraction of sp³-hybridized carbons (Fsp3) is 0.133. The maximum absolute atomic E-state index is 11.9. The number of pyridine rings is 1. The average molecular weight is 271 g/mol. The highest BCUT2D eigenvalue weighted by Gasteiger charge is 2.24. The van der Waals surface area contributed by atoms with Gasteiger partial charge in [-0.2, -0.15) is 0 Å². The Morgan fingerprint density at radius 1 is 1.10 bits per heavy atom. The molecule has 0 saturated heterocycles. The quantitative estimate of drug-likeness (QED) is 0.838. The predicted octanol–water partition coefficient (Wildman–Crippen LogP) is 2.25. The zero-order chi connectivity index (χ0) is 14.9. The molecule has 0 amide bonds. The summed E-state index contributed by atoms with van der Waals surface area (Å²) in [6.07, 6.45) is 0. The molecule has 0 atom stereocenters. The number of carbonyl (C=O) groups is 2. The number of rotatable bonds is 3. The summed E-state index contributed by atoms with van der Waals surface area (Å²) in [4.78, 5) is 37.5. The van der Waals surface area contributed by atoms with Crippen molar-refractivity contribution in [1.29, 1.82) is 0 Å². The van der Waals surface area contributed by atoms with Crippen molar-refractivity contribution in [1.82, 2.24) is 4.98 Å². The van der Waals surface area contributed by atoms with Gasteiger partial charge < -0.3 is 10.1 Å². The molecule has 0 unspecified atom stereocenters. The number of carboxylic acids is 1. The molecule has 20 heavy (non-hydrogen) atoms. The summed E-state index contributed by atoms with van der Waals surface area (Å²) in [5, 5.41) is 9.27. The molecule has 0 bridgehead atoms. The van der Waals surface area contributed by atoms with E-state index in [0.29, 0.717) is 11.3 Å². The van der Waals surface area contributed by atoms with Crippen molar-refractivity contribution >= 4 is 11.8 Å². The molecule has 0 fully saturated rings. The maximum atomic E-state index is 11.9. The lowest BCUT2D eigenvalue weighted by molar-refractivity contribution is 0.0696. The fourth-order valence-electron chi connectivity index (χ4n) is 2.26. The second kappa shape index (κ2) is 5.13. The maximum Gasteiger partial charge on any atom is 0.342 e. The first-order valence-corrected chi connectivity index (χ1v) is 6.00. The summed E-state index contributed by atoms with van der Waals surface area (Å²) in [5.41, 5.74) is 0.182. The van der Waals surface area contributed by atoms with Crippen LogP contribution in [0.1, 0.15) is 33.3 Å². The molecule has 2 rings (SSSR count). The first kappa shape index (κ1) is 13.7. The second-order valence-electron chi connectivity index (χ2n) is 4.43. The molecule has 0 aliphatic rings. The number of carboxylic acid groups (broad SMARTS) is 1. The van der Waals surface area contributed by atoms with Crippen LogP contribution in [0.25, 0.3) is 11.1 Å². The van der Waals surface area contributed by atoms with E-state index in [-0.39, 0.29) is 16.9 Å². The topological polar surface area (TPSA) is 87.2 Å². The van der Waals surface area contributed by atoms with Crippen LogP contribution < -0.4 is 5.56 Å². The standard InChI is InChI=1S/C15H13NO4/c1-8-11(9(2)17)12(10-6-4-3-5-7-10)13(15(19)20)14(18)16-8/h3-7H,1-2H3,(H,16,18)(H,19,20). The van der Waals surface area contributed by atoms with Crippen molar-refractivity contribution < 1.29 is 14.7 Å². The molecule has 5 heteroatoms. The summed E-state index contributed by atoms with van der Waals surface area (Å²) < 4.78 is 0. The first-order valence-electron chi connectivity index (χ1n) is 6.00. The van der Waals surface area contributed by atoms with Crippen molar-refractivity contribution in [2.45, 2.75) is 13.8 Å². The smallest absolute Gasteiger partial charge is 0.342 e. The molecular formula is C15H13NO4. The third-order valence-electron chi connectivity index (χ3n) is 3.03. The molecule has 1 aromatic heterocycles. The molecule has 5 nitrogen and oxygen atoms in total. The van der Waals surface area contributed by atoms with E-state index >= 15 is 0 Å². The number of nitrogens with one attached hydrogen (secondary N) is 1. The molecule has 0 aliphatic heterocycles. The van der Waals surface area contributed by atoms with E-state index < -0.39 is 17.1 Å². The minimum absolute atomic E-state index is 0.173. The molecule has 0 saturated carbocycles. The molecule has 2 N–H and O–H groups in total. The molecule has 102 valence electrons. The molecular weight excluding hydrogens is 258 g/mol. The Bertz CT molecular complexity index is 744. The van der Waals surface area contributed by atoms with Gasteiger partial charge in [0.1, 0.15) is 5.56 Å². The SMILES string of the molecule is CC(=O)c1c(C)[nH]c(=O)c(C(=O)O)c1-c1ccccc1. The number of aromatic nitrogens is 1. The van der Waals surface area contributed by atoms with Crippen molar-refractivity contribution in [3.63, 3.8) is 0 Å². The van der Waals surface area contributed by atoms with Crippen molar-refractivity contribution in [3.8, 4) is 11.1 Å². The zero-order valence-corrected chi connectivity index (χ0v) is 11.1. The van der Waals surface area contributed by atoms with Gasteiger partial charge in [-0.15, -0.1) is 0 Å². The monoisotopic (exact) mass is 271 g/mol. The summed E-state index contributed by atoms with van der Waals surface area (Å²) in [6, 6.07) is 8.57. The van der Waals surface area contributed by atoms with Gasteiger partial charge in [-0.05, 0) is 19.4 Å². The number of hydrogen-bond donors (Lipinski definition) is 2. The Balaban J connectivity index is 2.98. The lowest BCUT2D eigenvalue weighted by Crippen LogP contribution is -2.23. The highest BCUT2D eigenvalue weighted by molar-refractivity contribution is 6.07. The van der Waals surface area contributed by atoms with E-state index in [1.165, 1.54) is 6.92 Å². The predicted molar refractivity (Wildman–Crippen MR) is 74.2 cm³/mol. The van der Waals surface area contributed by atoms with Crippen molar-refractivity contribution in [3.05, 3.63) is 57.5 Å². The number of benzene rings is 1. The van der Waals surface area contributed by atoms with Gasteiger partial charge in [0, 0.05) is 16.8 Å². The van der Waals surface area contributed by atoms with Gasteiger partial charge in [-0.1, -0.05) is 30.3 Å². The van der Waals surface area contributed by atoms with Crippen LogP contribution in [0, 0.1) is 6.92 Å². The number of aromatic amines is 1. The third-order valence-corrected chi connectivity index (χ3v) is 3.03. The zero-order valence-electron chi connectivity index (χ0n) is 11.1. The number of aromatic carboxylic acids is 1. The Hall–Kier alpha value is -2.69. The molecule has 1 aromatic carbocycles. The fourth-order valence-corrected chi connectivity index (χ4v) is 2.26. The highest BCUT2D eigenvalue weighted by Crippen LogP contribution is 2.27. The Kier molecular flexibility index (Phi) is 3.52. The number of carbonyl (C=O) groups excluding carboxylic acids is 1. The number of Topliss-reactive ketones (excluding diaryl/α,β-unsaturated/α-hetero) is 1. The van der Waals surface area contributed by atoms with Crippen LogP contribution in [-0.2, 0) is 0 Å². The second-order valence-corrected chi connectivity index (χ2v) is 4.43. The molecule has 2 aromatic rings. The summed E-state index contributed by atoms with van der Waals surface area (Å²) in [5.74, 6) is -1.65. The Morgan fingerprint density at radius 3 is 2.20 bits per heavy atom. The third kappa shape index (κ3) is 2.25. The average Bonchev–Trinajstić information content (AvgIpc) is 2.37. The van der Waals surface area contributed by atoms with Crippen LogP contribution in [0.4, 0.5) is 0 Å². The Labute approximate surface area is 114 Å². The highest BCUT2D eigenvalue weighted by atomic mass is 16.4. The normalized spacial score (nSPS) is 10.3. The van der Waals surface area contributed by atoms with Gasteiger partial charge in [0.05, 0.1) is 0 Å². The van der Waals surface area contributed by atoms with E-state index in [9.17, 15) is 19.5 Å². The van der Waals surface area contributed by atoms with Gasteiger partial charge in [-0.25, -0.2) is 4.79 Å². The largest absolute Gasteiger partial charge is 0.477 e. The van der Waals surface area contributed by atoms with Crippen LogP contribution in [0.15, 0.2) is 35.1 Å². The van der Waals surface area contributed by atoms with E-state index in [2.05, 4.69) is 4.98 Å². The first-order chi connectivity index (χ1) is 9.43. The molecule has 0 radical (unpaired) electrons. The van der Waals surface area contributed by atoms with Crippen LogP contribution in [0.5, 0.6) is 0 Å². The van der Waals surface area contributed by atoms with Gasteiger partial charge in [-0.3, -0.25) is 9.59 Å². The van der Waals surface area contributed by atoms with E-state index in [1.54, 1.807) is 37.3 Å². The van der Waals surface area contributed by atoms with E-state index in [4.69, 9.17) is 0 Å². The van der Waals surface area contributed by atoms with Gasteiger partial charge in [0.25, 0.3) is 5.56 Å². The van der Waals surface area contributed by atoms with Crippen LogP contribution >= 0.6 is 0 Å². The summed E-state index contributed by atoms with van der Waals surface area (Å²) >= 11 is 0. The van der Waals surface area contributed by atoms with Crippen molar-refractivity contribution in [2.75, 3.05) is 0 Å². The number of hydrogen-bond acceptors (Lipinski definition) is 3. The lowest BCUT2D eigenvalue weighted by Gasteiger charge is -2.13. The molecule has 1 heterocycles. The van der Waals surface area contributed by atoms with E-state index in [0.717, 1.165) is 0 Å². The summed E-state index contributed by atoms with van der Waals surface area (Å²) in [7, 11) is 0. The number of ketones is 1. The number of H-pyrrole nitrogens is 1. The van der Waals surface area contributed by atoms with E-state index in [1.807, 2.05) is 0 Å². The Morgan fingerprint density at radius 2 is 1.70 bits per heavy atom. The molecule has 0 aliphatic carbocycles. The van der Waals surface area contributed by atoms with Crippen LogP contribution in [0.3, 0.4) is 0 Å². The number of aryl methyl sites for hydroxylation is 1. The van der Waals surface area contributed by atoms with Gasteiger partial charge in [0.15, 0.2) is 5.78 Å². The minimum Gasteiger partial charge on any atom is -0.477 e. The van der Waals surface area contributed by atoms with Gasteiger partial charge >= 0.3 is 5.97 Å². The van der Waals surface area contributed by atoms with Gasteiger partial charge in [0.2, 0.25) is 0 Å². The summed E-state index contributed by atoms with van der Waals surface area (Å²) in [6.45, 7) is 2.93. The van der Waals surface area contributed by atoms with Crippen LogP contribution in [0.2, 0.25) is 0 Å². The molecule has 0 spiro atoms. The van der Waals surface area contributed by atoms with Crippen molar-refractivity contribution in [2.24, 2.45) is 0 Å². The lowest BCUT2D eigenvalue weighted by atomic mass is 9.92.